The number of hydrogen-bond donors (Lipinski definition) is 0. The fourth-order valence-corrected chi connectivity index (χ4v) is 2.46. The third kappa shape index (κ3) is 0.938. The van der Waals surface area contributed by atoms with E-state index in [1.165, 1.54) is 32.7 Å². The zero-order valence-electron chi connectivity index (χ0n) is 8.77. The molecule has 0 saturated heterocycles. The largest absolute Gasteiger partial charge is 0.0616 e. The predicted molar refractivity (Wildman–Crippen MR) is 70.4 cm³/mol. The highest BCUT2D eigenvalue weighted by Gasteiger charge is 2.09. The van der Waals surface area contributed by atoms with Crippen molar-refractivity contribution in [2.24, 2.45) is 0 Å². The molecule has 1 aliphatic rings. The van der Waals surface area contributed by atoms with E-state index >= 15 is 0 Å². The van der Waals surface area contributed by atoms with Crippen molar-refractivity contribution < 1.29 is 0 Å². The van der Waals surface area contributed by atoms with E-state index in [1.54, 1.807) is 0 Å². The van der Waals surface area contributed by atoms with Gasteiger partial charge in [0.15, 0.2) is 0 Å². The van der Waals surface area contributed by atoms with E-state index in [1.807, 2.05) is 0 Å². The van der Waals surface area contributed by atoms with E-state index in [2.05, 4.69) is 60.7 Å². The lowest BCUT2D eigenvalue weighted by molar-refractivity contribution is 1.65. The Morgan fingerprint density at radius 1 is 0.625 bits per heavy atom. The second-order valence-electron chi connectivity index (χ2n) is 4.32. The van der Waals surface area contributed by atoms with Crippen LogP contribution in [0.4, 0.5) is 0 Å². The maximum atomic E-state index is 2.30. The lowest BCUT2D eigenvalue weighted by atomic mass is 9.90. The molecule has 0 amide bonds. The Bertz CT molecular complexity index is 748. The molecular weight excluding hydrogens is 192 g/mol. The molecule has 0 aliphatic heterocycles. The summed E-state index contributed by atoms with van der Waals surface area (Å²) < 4.78 is 0. The molecule has 0 spiro atoms. The van der Waals surface area contributed by atoms with Gasteiger partial charge < -0.3 is 0 Å². The highest BCUT2D eigenvalue weighted by molar-refractivity contribution is 6.07. The monoisotopic (exact) mass is 202 g/mol. The molecule has 0 fully saturated rings. The average molecular weight is 202 g/mol. The van der Waals surface area contributed by atoms with E-state index in [0.29, 0.717) is 0 Å². The number of hydrogen-bond acceptors (Lipinski definition) is 0. The first-order valence-electron chi connectivity index (χ1n) is 5.55. The quantitative estimate of drug-likeness (QED) is 0.369. The minimum atomic E-state index is 1.32. The summed E-state index contributed by atoms with van der Waals surface area (Å²) >= 11 is 0. The molecule has 3 aromatic carbocycles. The molecule has 3 aromatic rings. The van der Waals surface area contributed by atoms with Crippen LogP contribution >= 0.6 is 0 Å². The summed E-state index contributed by atoms with van der Waals surface area (Å²) in [6, 6.07) is 17.5. The molecule has 0 N–H and O–H groups in total. The normalized spacial score (nSPS) is 12.8. The van der Waals surface area contributed by atoms with Gasteiger partial charge in [0, 0.05) is 0 Å². The van der Waals surface area contributed by atoms with Gasteiger partial charge in [0.25, 0.3) is 0 Å². The zero-order valence-corrected chi connectivity index (χ0v) is 8.77. The SMILES string of the molecule is C1=Cc2c1ccc1cc3ccccc3cc21. The number of benzene rings is 3. The Labute approximate surface area is 93.8 Å². The van der Waals surface area contributed by atoms with Crippen LogP contribution in [0, 0.1) is 0 Å². The molecule has 0 bridgehead atoms. The smallest absolute Gasteiger partial charge is 0.00990 e. The first kappa shape index (κ1) is 8.12. The van der Waals surface area contributed by atoms with Crippen LogP contribution in [0.2, 0.25) is 0 Å². The van der Waals surface area contributed by atoms with Crippen LogP contribution in [0.15, 0.2) is 48.5 Å². The summed E-state index contributed by atoms with van der Waals surface area (Å²) in [7, 11) is 0. The van der Waals surface area contributed by atoms with Gasteiger partial charge in [-0.15, -0.1) is 0 Å². The summed E-state index contributed by atoms with van der Waals surface area (Å²) in [6.07, 6.45) is 4.37. The van der Waals surface area contributed by atoms with Crippen molar-refractivity contribution in [3.63, 3.8) is 0 Å². The van der Waals surface area contributed by atoms with Crippen LogP contribution in [0.1, 0.15) is 11.1 Å². The topological polar surface area (TPSA) is 0 Å². The lowest BCUT2D eigenvalue weighted by Gasteiger charge is -2.14. The number of rotatable bonds is 0. The number of fused-ring (bicyclic) bond motifs is 4. The Kier molecular flexibility index (Phi) is 1.39. The first-order chi connectivity index (χ1) is 7.92. The molecule has 1 aliphatic carbocycles. The molecule has 4 rings (SSSR count). The summed E-state index contributed by atoms with van der Waals surface area (Å²) in [4.78, 5) is 0. The average Bonchev–Trinajstić information content (AvgIpc) is 2.27. The lowest BCUT2D eigenvalue weighted by Crippen LogP contribution is -1.91. The van der Waals surface area contributed by atoms with Gasteiger partial charge in [0.2, 0.25) is 0 Å². The fourth-order valence-electron chi connectivity index (χ4n) is 2.46. The summed E-state index contributed by atoms with van der Waals surface area (Å²) in [5, 5.41) is 5.35. The zero-order chi connectivity index (χ0) is 10.5. The van der Waals surface area contributed by atoms with Gasteiger partial charge in [-0.2, -0.15) is 0 Å². The van der Waals surface area contributed by atoms with Gasteiger partial charge in [-0.05, 0) is 44.8 Å². The predicted octanol–water partition coefficient (Wildman–Crippen LogP) is 4.48. The van der Waals surface area contributed by atoms with Gasteiger partial charge in [0.1, 0.15) is 0 Å². The molecule has 0 aromatic heterocycles. The van der Waals surface area contributed by atoms with Crippen molar-refractivity contribution in [3.8, 4) is 0 Å². The van der Waals surface area contributed by atoms with Crippen molar-refractivity contribution in [2.75, 3.05) is 0 Å². The Morgan fingerprint density at radius 2 is 1.44 bits per heavy atom. The molecule has 74 valence electrons. The van der Waals surface area contributed by atoms with Gasteiger partial charge >= 0.3 is 0 Å². The van der Waals surface area contributed by atoms with Crippen molar-refractivity contribution in [3.05, 3.63) is 59.7 Å². The molecule has 16 heavy (non-hydrogen) atoms. The van der Waals surface area contributed by atoms with E-state index in [0.717, 1.165) is 0 Å². The molecule has 0 radical (unpaired) electrons. The molecule has 0 unspecified atom stereocenters. The Morgan fingerprint density at radius 3 is 2.19 bits per heavy atom. The Balaban J connectivity index is 2.23. The second kappa shape index (κ2) is 2.73. The fraction of sp³-hybridized carbons (Fsp3) is 0. The third-order valence-electron chi connectivity index (χ3n) is 3.39. The molecule has 0 heterocycles. The van der Waals surface area contributed by atoms with Crippen LogP contribution in [0.25, 0.3) is 33.7 Å². The van der Waals surface area contributed by atoms with Gasteiger partial charge in [-0.3, -0.25) is 0 Å². The standard InChI is InChI=1S/C16H10/c1-2-4-13-10-16-14(9-12(13)3-1)6-5-11-7-8-15(11)16/h1-10H. The minimum absolute atomic E-state index is 1.32. The van der Waals surface area contributed by atoms with Crippen molar-refractivity contribution in [1.82, 2.24) is 0 Å². The summed E-state index contributed by atoms with van der Waals surface area (Å²) in [6.45, 7) is 0. The minimum Gasteiger partial charge on any atom is -0.0616 e. The van der Waals surface area contributed by atoms with Crippen LogP contribution in [-0.2, 0) is 0 Å². The third-order valence-corrected chi connectivity index (χ3v) is 3.39. The molecule has 0 nitrogen and oxygen atoms in total. The van der Waals surface area contributed by atoms with Gasteiger partial charge in [-0.25, -0.2) is 0 Å². The highest BCUT2D eigenvalue weighted by atomic mass is 14.1. The van der Waals surface area contributed by atoms with Crippen molar-refractivity contribution in [1.29, 1.82) is 0 Å². The van der Waals surface area contributed by atoms with E-state index < -0.39 is 0 Å². The molecule has 0 heteroatoms. The summed E-state index contributed by atoms with van der Waals surface area (Å²) in [5.74, 6) is 0. The molecular formula is C16H10. The molecule has 0 saturated carbocycles. The second-order valence-corrected chi connectivity index (χ2v) is 4.32. The van der Waals surface area contributed by atoms with E-state index in [9.17, 15) is 0 Å². The van der Waals surface area contributed by atoms with Crippen LogP contribution in [-0.4, -0.2) is 0 Å². The van der Waals surface area contributed by atoms with E-state index in [-0.39, 0.29) is 0 Å². The molecule has 0 atom stereocenters. The van der Waals surface area contributed by atoms with Crippen LogP contribution in [0.5, 0.6) is 0 Å². The summed E-state index contributed by atoms with van der Waals surface area (Å²) in [5.41, 5.74) is 2.76. The van der Waals surface area contributed by atoms with Crippen LogP contribution in [0.3, 0.4) is 0 Å². The maximum absolute atomic E-state index is 2.30. The van der Waals surface area contributed by atoms with Crippen molar-refractivity contribution in [2.45, 2.75) is 0 Å². The van der Waals surface area contributed by atoms with E-state index in [4.69, 9.17) is 0 Å². The van der Waals surface area contributed by atoms with Crippen molar-refractivity contribution >= 4 is 33.7 Å². The van der Waals surface area contributed by atoms with Gasteiger partial charge in [0.05, 0.1) is 0 Å². The highest BCUT2D eigenvalue weighted by Crippen LogP contribution is 2.33. The van der Waals surface area contributed by atoms with Crippen LogP contribution < -0.4 is 0 Å². The van der Waals surface area contributed by atoms with Gasteiger partial charge in [-0.1, -0.05) is 48.6 Å². The first-order valence-corrected chi connectivity index (χ1v) is 5.55. The maximum Gasteiger partial charge on any atom is -0.00990 e. The Hall–Kier alpha value is -2.08.